The lowest BCUT2D eigenvalue weighted by molar-refractivity contribution is -0.175. The van der Waals surface area contributed by atoms with Gasteiger partial charge < -0.3 is 15.5 Å². The summed E-state index contributed by atoms with van der Waals surface area (Å²) in [6, 6.07) is 0. The molecule has 0 aromatic heterocycles. The Morgan fingerprint density at radius 1 is 1.09 bits per heavy atom. The largest absolute Gasteiger partial charge is 0.479 e. The SMILES string of the molecule is [2H]N(C)[C@](C(=O)CC(C)C)(C(=O)C(O)(C(=O)O)C(C)C)C(C)C. The van der Waals surface area contributed by atoms with Gasteiger partial charge in [-0.25, -0.2) is 4.79 Å². The zero-order valence-corrected chi connectivity index (χ0v) is 14.5. The third-order valence-corrected chi connectivity index (χ3v) is 4.06. The van der Waals surface area contributed by atoms with Gasteiger partial charge in [-0.05, 0) is 18.9 Å². The smallest absolute Gasteiger partial charge is 0.343 e. The van der Waals surface area contributed by atoms with Crippen LogP contribution in [0.3, 0.4) is 0 Å². The van der Waals surface area contributed by atoms with E-state index in [1.165, 1.54) is 20.9 Å². The summed E-state index contributed by atoms with van der Waals surface area (Å²) in [5.74, 6) is -5.09. The number of carboxylic acids is 1. The van der Waals surface area contributed by atoms with Gasteiger partial charge in [0.25, 0.3) is 0 Å². The summed E-state index contributed by atoms with van der Waals surface area (Å²) in [7, 11) is 1.23. The molecule has 0 aromatic rings. The van der Waals surface area contributed by atoms with E-state index in [2.05, 4.69) is 0 Å². The topological polar surface area (TPSA) is 104 Å². The van der Waals surface area contributed by atoms with E-state index >= 15 is 0 Å². The molecule has 0 saturated heterocycles. The van der Waals surface area contributed by atoms with Gasteiger partial charge in [-0.3, -0.25) is 9.59 Å². The highest BCUT2D eigenvalue weighted by Crippen LogP contribution is 2.31. The van der Waals surface area contributed by atoms with Crippen LogP contribution in [0.5, 0.6) is 0 Å². The van der Waals surface area contributed by atoms with Crippen LogP contribution in [0.15, 0.2) is 0 Å². The van der Waals surface area contributed by atoms with Gasteiger partial charge in [0, 0.05) is 12.3 Å². The second kappa shape index (κ2) is 7.33. The lowest BCUT2D eigenvalue weighted by Crippen LogP contribution is -2.70. The van der Waals surface area contributed by atoms with Gasteiger partial charge in [-0.15, -0.1) is 0 Å². The van der Waals surface area contributed by atoms with Crippen LogP contribution in [0, 0.1) is 17.8 Å². The molecule has 0 saturated carbocycles. The molecule has 6 heteroatoms. The number of hydrogen-bond donors (Lipinski definition) is 3. The predicted octanol–water partition coefficient (Wildman–Crippen LogP) is 1.26. The van der Waals surface area contributed by atoms with Gasteiger partial charge >= 0.3 is 5.97 Å². The molecule has 0 bridgehead atoms. The number of carboxylic acid groups (broad SMARTS) is 1. The van der Waals surface area contributed by atoms with Crippen molar-refractivity contribution in [2.75, 3.05) is 7.05 Å². The lowest BCUT2D eigenvalue weighted by atomic mass is 9.68. The first-order valence-electron chi connectivity index (χ1n) is 7.98. The highest BCUT2D eigenvalue weighted by Gasteiger charge is 2.59. The van der Waals surface area contributed by atoms with E-state index < -0.39 is 40.5 Å². The Balaban J connectivity index is 6.41. The van der Waals surface area contributed by atoms with Crippen molar-refractivity contribution < 1.29 is 26.0 Å². The number of aliphatic hydroxyl groups is 1. The van der Waals surface area contributed by atoms with Gasteiger partial charge in [0.15, 0.2) is 5.78 Å². The molecule has 1 unspecified atom stereocenters. The Hall–Kier alpha value is -1.27. The average molecular weight is 316 g/mol. The second-order valence-electron chi connectivity index (χ2n) is 6.72. The number of ketones is 2. The van der Waals surface area contributed by atoms with Crippen LogP contribution in [0.2, 0.25) is 1.41 Å². The minimum absolute atomic E-state index is 0.0148. The molecule has 0 heterocycles. The molecular weight excluding hydrogens is 286 g/mol. The number of carbonyl (C=O) groups is 3. The minimum atomic E-state index is -2.73. The lowest BCUT2D eigenvalue weighted by Gasteiger charge is -2.40. The molecule has 0 rings (SSSR count). The molecule has 0 aliphatic carbocycles. The first-order chi connectivity index (χ1) is 10.3. The molecule has 2 atom stereocenters. The molecule has 0 spiro atoms. The average Bonchev–Trinajstić information content (AvgIpc) is 2.35. The first-order valence-corrected chi connectivity index (χ1v) is 7.53. The van der Waals surface area contributed by atoms with Crippen LogP contribution in [-0.4, -0.2) is 45.9 Å². The minimum Gasteiger partial charge on any atom is -0.479 e. The maximum atomic E-state index is 13.1. The molecular formula is C16H29NO5. The maximum absolute atomic E-state index is 13.1. The molecule has 3 N–H and O–H groups in total. The molecule has 0 fully saturated rings. The van der Waals surface area contributed by atoms with Crippen molar-refractivity contribution in [1.29, 1.82) is 0 Å². The van der Waals surface area contributed by atoms with Crippen molar-refractivity contribution in [3.05, 3.63) is 0 Å². The molecule has 6 nitrogen and oxygen atoms in total. The van der Waals surface area contributed by atoms with Gasteiger partial charge in [0.1, 0.15) is 6.95 Å². The summed E-state index contributed by atoms with van der Waals surface area (Å²) in [6.07, 6.45) is 0.0148. The zero-order chi connectivity index (χ0) is 18.7. The standard InChI is InChI=1S/C16H29NO5/c1-9(2)8-12(18)15(17-7,10(3)4)13(19)16(22,11(5)6)14(20)21/h9-11,17,22H,8H2,1-7H3,(H,20,21)/t15-,16?/m1/s1/i/hD. The molecule has 0 aromatic carbocycles. The molecule has 22 heavy (non-hydrogen) atoms. The summed E-state index contributed by atoms with van der Waals surface area (Å²) in [5, 5.41) is 20.6. The fraction of sp³-hybridized carbons (Fsp3) is 0.812. The van der Waals surface area contributed by atoms with Crippen molar-refractivity contribution in [3.8, 4) is 0 Å². The van der Waals surface area contributed by atoms with Crippen molar-refractivity contribution >= 4 is 17.5 Å². The van der Waals surface area contributed by atoms with Crippen LogP contribution < -0.4 is 5.31 Å². The predicted molar refractivity (Wildman–Crippen MR) is 83.5 cm³/mol. The van der Waals surface area contributed by atoms with E-state index in [9.17, 15) is 24.6 Å². The fourth-order valence-corrected chi connectivity index (χ4v) is 2.62. The normalized spacial score (nSPS) is 18.3. The second-order valence-corrected chi connectivity index (χ2v) is 6.72. The third-order valence-electron chi connectivity index (χ3n) is 4.06. The number of Topliss-reactive ketones (excluding diaryl/α,β-unsaturated/α-hetero) is 2. The highest BCUT2D eigenvalue weighted by atomic mass is 16.4. The maximum Gasteiger partial charge on any atom is 0.343 e. The number of nitrogens with one attached hydrogen (secondary N) is 1. The van der Waals surface area contributed by atoms with E-state index in [1.807, 2.05) is 0 Å². The van der Waals surface area contributed by atoms with E-state index in [0.717, 1.165) is 0 Å². The van der Waals surface area contributed by atoms with Crippen LogP contribution in [0.4, 0.5) is 0 Å². The molecule has 0 aliphatic heterocycles. The van der Waals surface area contributed by atoms with Crippen LogP contribution in [-0.2, 0) is 14.4 Å². The summed E-state index contributed by atoms with van der Waals surface area (Å²) >= 11 is 0. The molecule has 0 radical (unpaired) electrons. The Morgan fingerprint density at radius 3 is 1.77 bits per heavy atom. The summed E-state index contributed by atoms with van der Waals surface area (Å²) in [4.78, 5) is 37.4. The van der Waals surface area contributed by atoms with Crippen LogP contribution in [0.1, 0.15) is 48.0 Å². The van der Waals surface area contributed by atoms with Crippen molar-refractivity contribution in [2.45, 2.75) is 59.1 Å². The van der Waals surface area contributed by atoms with Crippen molar-refractivity contribution in [3.63, 3.8) is 0 Å². The zero-order valence-electron chi connectivity index (χ0n) is 15.5. The number of hydrogen-bond acceptors (Lipinski definition) is 5. The van der Waals surface area contributed by atoms with Gasteiger partial charge in [0.05, 0.1) is 0 Å². The van der Waals surface area contributed by atoms with E-state index in [1.54, 1.807) is 27.7 Å². The van der Waals surface area contributed by atoms with Gasteiger partial charge in [0.2, 0.25) is 11.4 Å². The highest BCUT2D eigenvalue weighted by molar-refractivity contribution is 6.21. The molecule has 0 amide bonds. The summed E-state index contributed by atoms with van der Waals surface area (Å²) < 4.78 is 7.97. The van der Waals surface area contributed by atoms with Crippen LogP contribution >= 0.6 is 0 Å². The van der Waals surface area contributed by atoms with Crippen molar-refractivity contribution in [1.82, 2.24) is 5.31 Å². The Kier molecular flexibility index (Phi) is 6.26. The monoisotopic (exact) mass is 316 g/mol. The van der Waals surface area contributed by atoms with Crippen molar-refractivity contribution in [2.24, 2.45) is 17.8 Å². The van der Waals surface area contributed by atoms with Gasteiger partial charge in [-0.1, -0.05) is 41.5 Å². The Labute approximate surface area is 133 Å². The third kappa shape index (κ3) is 3.38. The van der Waals surface area contributed by atoms with Gasteiger partial charge in [-0.2, -0.15) is 0 Å². The molecule has 0 aliphatic rings. The Morgan fingerprint density at radius 2 is 1.55 bits per heavy atom. The summed E-state index contributed by atoms with van der Waals surface area (Å²) in [6.45, 7) is 9.53. The number of carbonyl (C=O) groups excluding carboxylic acids is 2. The Bertz CT molecular complexity index is 465. The number of rotatable bonds is 9. The summed E-state index contributed by atoms with van der Waals surface area (Å²) in [5.41, 5.74) is -4.74. The number of likely N-dealkylation sites (N-methyl/N-ethyl adjacent to an activating group) is 1. The fourth-order valence-electron chi connectivity index (χ4n) is 2.62. The quantitative estimate of drug-likeness (QED) is 0.553. The van der Waals surface area contributed by atoms with Crippen LogP contribution in [0.25, 0.3) is 0 Å². The van der Waals surface area contributed by atoms with E-state index in [4.69, 9.17) is 1.41 Å². The van der Waals surface area contributed by atoms with E-state index in [0.29, 0.717) is 5.31 Å². The number of aliphatic carboxylic acids is 1. The van der Waals surface area contributed by atoms with E-state index in [-0.39, 0.29) is 12.3 Å². The molecule has 128 valence electrons. The first kappa shape index (κ1) is 18.8.